The van der Waals surface area contributed by atoms with Gasteiger partial charge in [0.1, 0.15) is 5.69 Å². The lowest BCUT2D eigenvalue weighted by Crippen LogP contribution is -2.38. The van der Waals surface area contributed by atoms with E-state index in [0.717, 1.165) is 47.5 Å². The molecule has 0 spiro atoms. The quantitative estimate of drug-likeness (QED) is 0.521. The van der Waals surface area contributed by atoms with Crippen molar-refractivity contribution in [3.63, 3.8) is 0 Å². The third-order valence-corrected chi connectivity index (χ3v) is 6.42. The van der Waals surface area contributed by atoms with Crippen molar-refractivity contribution >= 4 is 17.6 Å². The van der Waals surface area contributed by atoms with Crippen LogP contribution < -0.4 is 0 Å². The predicted molar refractivity (Wildman–Crippen MR) is 114 cm³/mol. The Kier molecular flexibility index (Phi) is 4.56. The number of nitrogens with zero attached hydrogens (tertiary/aromatic N) is 2. The minimum absolute atomic E-state index is 0.00942. The summed E-state index contributed by atoms with van der Waals surface area (Å²) in [4.78, 5) is 34.6. The molecule has 150 valence electrons. The van der Waals surface area contributed by atoms with Crippen LogP contribution in [0.15, 0.2) is 29.8 Å². The Balaban J connectivity index is 1.73. The van der Waals surface area contributed by atoms with E-state index in [0.29, 0.717) is 17.7 Å². The molecule has 0 atom stereocenters. The van der Waals surface area contributed by atoms with Crippen LogP contribution in [-0.4, -0.2) is 21.5 Å². The van der Waals surface area contributed by atoms with Crippen LogP contribution >= 0.6 is 0 Å². The predicted octanol–water partition coefficient (Wildman–Crippen LogP) is 5.24. The van der Waals surface area contributed by atoms with Gasteiger partial charge in [0.05, 0.1) is 17.1 Å². The molecule has 0 fully saturated rings. The molecule has 0 aliphatic heterocycles. The van der Waals surface area contributed by atoms with Crippen molar-refractivity contribution in [1.29, 1.82) is 0 Å². The second-order valence-corrected chi connectivity index (χ2v) is 9.66. The Labute approximate surface area is 172 Å². The van der Waals surface area contributed by atoms with Gasteiger partial charge >= 0.3 is 0 Å². The summed E-state index contributed by atoms with van der Waals surface area (Å²) < 4.78 is 0. The number of benzene rings is 1. The highest BCUT2D eigenvalue weighted by molar-refractivity contribution is 6.11. The van der Waals surface area contributed by atoms with Crippen LogP contribution in [0.25, 0.3) is 6.08 Å². The third kappa shape index (κ3) is 3.45. The lowest BCUT2D eigenvalue weighted by molar-refractivity contribution is 0.101. The van der Waals surface area contributed by atoms with Gasteiger partial charge in [-0.2, -0.15) is 0 Å². The molecule has 1 heterocycles. The van der Waals surface area contributed by atoms with Crippen LogP contribution in [0.2, 0.25) is 0 Å². The van der Waals surface area contributed by atoms with Gasteiger partial charge in [0.25, 0.3) is 0 Å². The maximum Gasteiger partial charge on any atom is 0.209 e. The lowest BCUT2D eigenvalue weighted by Gasteiger charge is -2.40. The second kappa shape index (κ2) is 6.72. The van der Waals surface area contributed by atoms with E-state index in [9.17, 15) is 9.59 Å². The molecule has 4 heteroatoms. The fourth-order valence-electron chi connectivity index (χ4n) is 4.30. The van der Waals surface area contributed by atoms with Crippen LogP contribution in [-0.2, 0) is 17.3 Å². The van der Waals surface area contributed by atoms with Gasteiger partial charge in [-0.1, -0.05) is 52.0 Å². The smallest absolute Gasteiger partial charge is 0.209 e. The van der Waals surface area contributed by atoms with E-state index in [1.165, 1.54) is 0 Å². The van der Waals surface area contributed by atoms with E-state index in [4.69, 9.17) is 9.97 Å². The van der Waals surface area contributed by atoms with Gasteiger partial charge in [-0.3, -0.25) is 14.6 Å². The highest BCUT2D eigenvalue weighted by Gasteiger charge is 2.41. The van der Waals surface area contributed by atoms with Gasteiger partial charge in [0.15, 0.2) is 5.78 Å². The average molecular weight is 389 g/mol. The summed E-state index contributed by atoms with van der Waals surface area (Å²) in [7, 11) is 0. The Bertz CT molecular complexity index is 1040. The maximum atomic E-state index is 13.2. The van der Waals surface area contributed by atoms with E-state index < -0.39 is 0 Å². The number of Topliss-reactive ketones (excluding diaryl/α,β-unsaturated/α-hetero) is 2. The Morgan fingerprint density at radius 2 is 1.52 bits per heavy atom. The fraction of sp³-hybridized carbons (Fsp3) is 0.440. The van der Waals surface area contributed by atoms with E-state index in [-0.39, 0.29) is 22.4 Å². The number of aromatic nitrogens is 2. The van der Waals surface area contributed by atoms with E-state index in [2.05, 4.69) is 27.7 Å². The molecule has 0 saturated heterocycles. The molecule has 1 aromatic heterocycles. The third-order valence-electron chi connectivity index (χ3n) is 6.42. The first-order valence-electron chi connectivity index (χ1n) is 10.4. The number of hydrogen-bond acceptors (Lipinski definition) is 4. The number of fused-ring (bicyclic) bond motifs is 2. The zero-order chi connectivity index (χ0) is 21.0. The van der Waals surface area contributed by atoms with Gasteiger partial charge in [-0.25, -0.2) is 4.98 Å². The summed E-state index contributed by atoms with van der Waals surface area (Å²) in [5, 5.41) is 0. The summed E-state index contributed by atoms with van der Waals surface area (Å²) in [6.07, 6.45) is 5.44. The number of hydrogen-bond donors (Lipinski definition) is 0. The molecular formula is C25H28N2O2. The number of carbonyl (C=O) groups is 2. The summed E-state index contributed by atoms with van der Waals surface area (Å²) in [5.74, 6) is 0.0221. The molecule has 4 nitrogen and oxygen atoms in total. The summed E-state index contributed by atoms with van der Waals surface area (Å²) in [6, 6.07) is 7.38. The van der Waals surface area contributed by atoms with Crippen molar-refractivity contribution in [2.45, 2.75) is 71.1 Å². The molecule has 1 aromatic carbocycles. The summed E-state index contributed by atoms with van der Waals surface area (Å²) in [6.45, 7) is 10.4. The van der Waals surface area contributed by atoms with E-state index in [1.54, 1.807) is 19.1 Å². The monoisotopic (exact) mass is 388 g/mol. The standard InChI is InChI=1S/C25H28N2O2/c1-15(28)17-8-6-16(7-9-17)14-18-10-11-19-20(21(18)29)27-23-22(26-19)24(2,3)12-13-25(23,4)5/h6-9,14H,10-13H2,1-5H3/b18-14+. The van der Waals surface area contributed by atoms with Crippen LogP contribution in [0.1, 0.15) is 97.4 Å². The van der Waals surface area contributed by atoms with E-state index >= 15 is 0 Å². The van der Waals surface area contributed by atoms with Gasteiger partial charge < -0.3 is 0 Å². The Morgan fingerprint density at radius 3 is 2.10 bits per heavy atom. The molecule has 0 amide bonds. The first-order chi connectivity index (χ1) is 13.6. The SMILES string of the molecule is CC(=O)c1ccc(/C=C2\CCc3nc4c(nc3C2=O)C(C)(C)CCC4(C)C)cc1. The van der Waals surface area contributed by atoms with Crippen molar-refractivity contribution in [1.82, 2.24) is 9.97 Å². The normalized spacial score (nSPS) is 20.9. The van der Waals surface area contributed by atoms with E-state index in [1.807, 2.05) is 18.2 Å². The highest BCUT2D eigenvalue weighted by atomic mass is 16.1. The molecule has 0 N–H and O–H groups in total. The maximum absolute atomic E-state index is 13.2. The number of aryl methyl sites for hydroxylation is 1. The molecular weight excluding hydrogens is 360 g/mol. The van der Waals surface area contributed by atoms with Gasteiger partial charge in [-0.15, -0.1) is 0 Å². The van der Waals surface area contributed by atoms with Gasteiger partial charge in [-0.05, 0) is 44.2 Å². The molecule has 0 radical (unpaired) electrons. The number of rotatable bonds is 2. The molecule has 0 saturated carbocycles. The summed E-state index contributed by atoms with van der Waals surface area (Å²) >= 11 is 0. The van der Waals surface area contributed by atoms with Crippen molar-refractivity contribution in [3.05, 3.63) is 63.7 Å². The van der Waals surface area contributed by atoms with Crippen molar-refractivity contribution in [3.8, 4) is 0 Å². The van der Waals surface area contributed by atoms with Crippen molar-refractivity contribution in [2.24, 2.45) is 0 Å². The minimum atomic E-state index is -0.0724. The molecule has 4 rings (SSSR count). The number of allylic oxidation sites excluding steroid dienone is 1. The zero-order valence-electron chi connectivity index (χ0n) is 17.9. The minimum Gasteiger partial charge on any atom is -0.295 e. The van der Waals surface area contributed by atoms with Crippen LogP contribution in [0, 0.1) is 0 Å². The Morgan fingerprint density at radius 1 is 0.931 bits per heavy atom. The largest absolute Gasteiger partial charge is 0.295 e. The number of ketones is 2. The first-order valence-corrected chi connectivity index (χ1v) is 10.4. The second-order valence-electron chi connectivity index (χ2n) is 9.66. The average Bonchev–Trinajstić information content (AvgIpc) is 2.67. The Hall–Kier alpha value is -2.62. The number of carbonyl (C=O) groups excluding carboxylic acids is 2. The van der Waals surface area contributed by atoms with Crippen LogP contribution in [0.5, 0.6) is 0 Å². The van der Waals surface area contributed by atoms with Crippen LogP contribution in [0.3, 0.4) is 0 Å². The molecule has 0 unspecified atom stereocenters. The molecule has 2 aliphatic carbocycles. The molecule has 2 aromatic rings. The zero-order valence-corrected chi connectivity index (χ0v) is 17.9. The van der Waals surface area contributed by atoms with Gasteiger partial charge in [0, 0.05) is 22.0 Å². The molecule has 2 aliphatic rings. The first kappa shape index (κ1) is 19.7. The molecule has 29 heavy (non-hydrogen) atoms. The van der Waals surface area contributed by atoms with Crippen LogP contribution in [0.4, 0.5) is 0 Å². The lowest BCUT2D eigenvalue weighted by atomic mass is 9.67. The highest BCUT2D eigenvalue weighted by Crippen LogP contribution is 2.44. The van der Waals surface area contributed by atoms with Gasteiger partial charge in [0.2, 0.25) is 5.78 Å². The topological polar surface area (TPSA) is 59.9 Å². The van der Waals surface area contributed by atoms with Crippen molar-refractivity contribution < 1.29 is 9.59 Å². The van der Waals surface area contributed by atoms with Crippen molar-refractivity contribution in [2.75, 3.05) is 0 Å². The fourth-order valence-corrected chi connectivity index (χ4v) is 4.30. The summed E-state index contributed by atoms with van der Waals surface area (Å²) in [5.41, 5.74) is 5.68. The molecule has 0 bridgehead atoms.